The minimum absolute atomic E-state index is 0.0605. The molecule has 3 rings (SSSR count). The molecule has 2 aromatic rings. The van der Waals surface area contributed by atoms with E-state index in [0.29, 0.717) is 5.02 Å². The molecule has 0 unspecified atom stereocenters. The van der Waals surface area contributed by atoms with Crippen LogP contribution in [0.1, 0.15) is 10.5 Å². The van der Waals surface area contributed by atoms with Gasteiger partial charge in [-0.3, -0.25) is 4.79 Å². The van der Waals surface area contributed by atoms with Gasteiger partial charge in [-0.15, -0.1) is 0 Å². The smallest absolute Gasteiger partial charge is 0.274 e. The summed E-state index contributed by atoms with van der Waals surface area (Å²) in [6.07, 6.45) is 0. The van der Waals surface area contributed by atoms with Crippen molar-refractivity contribution in [1.29, 1.82) is 0 Å². The van der Waals surface area contributed by atoms with E-state index in [1.807, 2.05) is 0 Å². The lowest BCUT2D eigenvalue weighted by atomic mass is 10.3. The standard InChI is InChI=1S/C16H14Cl3N3O3S/c17-11-2-1-3-12(10-11)26(24,25)22-8-6-21(7-9-22)16(23)15-13(18)4-5-14(19)20-15/h1-5,10H,6-9H2. The third kappa shape index (κ3) is 3.97. The normalized spacial score (nSPS) is 15.9. The first-order valence-electron chi connectivity index (χ1n) is 7.66. The summed E-state index contributed by atoms with van der Waals surface area (Å²) in [6, 6.07) is 9.10. The van der Waals surface area contributed by atoms with Gasteiger partial charge in [-0.05, 0) is 30.3 Å². The first-order chi connectivity index (χ1) is 12.3. The average molecular weight is 435 g/mol. The molecule has 0 radical (unpaired) electrons. The fraction of sp³-hybridized carbons (Fsp3) is 0.250. The highest BCUT2D eigenvalue weighted by Crippen LogP contribution is 2.23. The monoisotopic (exact) mass is 433 g/mol. The Hall–Kier alpha value is -1.38. The number of sulfonamides is 1. The van der Waals surface area contributed by atoms with Crippen molar-refractivity contribution in [3.8, 4) is 0 Å². The molecule has 0 atom stereocenters. The van der Waals surface area contributed by atoms with Gasteiger partial charge in [0, 0.05) is 31.2 Å². The molecule has 26 heavy (non-hydrogen) atoms. The molecular weight excluding hydrogens is 421 g/mol. The van der Waals surface area contributed by atoms with E-state index >= 15 is 0 Å². The molecule has 0 saturated carbocycles. The number of rotatable bonds is 3. The lowest BCUT2D eigenvalue weighted by Gasteiger charge is -2.34. The van der Waals surface area contributed by atoms with E-state index in [1.165, 1.54) is 33.5 Å². The SMILES string of the molecule is O=C(c1nc(Cl)ccc1Cl)N1CCN(S(=O)(=O)c2cccc(Cl)c2)CC1. The molecule has 0 spiro atoms. The maximum atomic E-state index is 12.7. The molecule has 6 nitrogen and oxygen atoms in total. The Morgan fingerprint density at radius 1 is 1.00 bits per heavy atom. The van der Waals surface area contributed by atoms with Gasteiger partial charge in [0.25, 0.3) is 5.91 Å². The molecular formula is C16H14Cl3N3O3S. The molecule has 0 bridgehead atoms. The summed E-state index contributed by atoms with van der Waals surface area (Å²) in [7, 11) is -3.67. The van der Waals surface area contributed by atoms with E-state index < -0.39 is 10.0 Å². The molecule has 138 valence electrons. The second-order valence-corrected chi connectivity index (χ2v) is 8.79. The van der Waals surface area contributed by atoms with Crippen molar-refractivity contribution in [3.63, 3.8) is 0 Å². The zero-order chi connectivity index (χ0) is 18.9. The molecule has 1 amide bonds. The number of piperazine rings is 1. The van der Waals surface area contributed by atoms with Crippen molar-refractivity contribution >= 4 is 50.7 Å². The van der Waals surface area contributed by atoms with E-state index in [-0.39, 0.29) is 52.9 Å². The van der Waals surface area contributed by atoms with Crippen LogP contribution in [0.15, 0.2) is 41.3 Å². The van der Waals surface area contributed by atoms with E-state index in [0.717, 1.165) is 0 Å². The first kappa shape index (κ1) is 19.4. The van der Waals surface area contributed by atoms with Crippen LogP contribution < -0.4 is 0 Å². The van der Waals surface area contributed by atoms with E-state index in [2.05, 4.69) is 4.98 Å². The fourth-order valence-corrected chi connectivity index (χ4v) is 4.68. The van der Waals surface area contributed by atoms with Crippen LogP contribution in [0.25, 0.3) is 0 Å². The minimum Gasteiger partial charge on any atom is -0.335 e. The van der Waals surface area contributed by atoms with Gasteiger partial charge in [-0.2, -0.15) is 4.31 Å². The summed E-state index contributed by atoms with van der Waals surface area (Å²) in [5, 5.41) is 0.717. The fourth-order valence-electron chi connectivity index (χ4n) is 2.63. The van der Waals surface area contributed by atoms with Crippen LogP contribution in [0.4, 0.5) is 0 Å². The summed E-state index contributed by atoms with van der Waals surface area (Å²) in [5.74, 6) is -0.377. The van der Waals surface area contributed by atoms with Gasteiger partial charge in [0.2, 0.25) is 10.0 Å². The Bertz CT molecular complexity index is 945. The highest BCUT2D eigenvalue weighted by molar-refractivity contribution is 7.89. The number of hydrogen-bond acceptors (Lipinski definition) is 4. The van der Waals surface area contributed by atoms with Gasteiger partial charge in [0.05, 0.1) is 9.92 Å². The Labute approximate surface area is 166 Å². The first-order valence-corrected chi connectivity index (χ1v) is 10.2. The highest BCUT2D eigenvalue weighted by Gasteiger charge is 2.31. The largest absolute Gasteiger partial charge is 0.335 e. The molecule has 1 aromatic carbocycles. The topological polar surface area (TPSA) is 70.6 Å². The third-order valence-electron chi connectivity index (χ3n) is 3.97. The average Bonchev–Trinajstić information content (AvgIpc) is 2.63. The number of carbonyl (C=O) groups excluding carboxylic acids is 1. The van der Waals surface area contributed by atoms with Crippen molar-refractivity contribution < 1.29 is 13.2 Å². The van der Waals surface area contributed by atoms with E-state index in [1.54, 1.807) is 12.1 Å². The van der Waals surface area contributed by atoms with Crippen LogP contribution in [-0.4, -0.2) is 54.7 Å². The van der Waals surface area contributed by atoms with Crippen LogP contribution in [0.2, 0.25) is 15.2 Å². The van der Waals surface area contributed by atoms with E-state index in [4.69, 9.17) is 34.8 Å². The molecule has 0 aliphatic carbocycles. The highest BCUT2D eigenvalue weighted by atomic mass is 35.5. The Balaban J connectivity index is 1.73. The van der Waals surface area contributed by atoms with Gasteiger partial charge in [-0.1, -0.05) is 40.9 Å². The van der Waals surface area contributed by atoms with Crippen LogP contribution in [-0.2, 0) is 10.0 Å². The molecule has 0 N–H and O–H groups in total. The van der Waals surface area contributed by atoms with Gasteiger partial charge in [-0.25, -0.2) is 13.4 Å². The summed E-state index contributed by atoms with van der Waals surface area (Å²) in [6.45, 7) is 0.782. The van der Waals surface area contributed by atoms with E-state index in [9.17, 15) is 13.2 Å². The maximum absolute atomic E-state index is 12.7. The summed E-state index contributed by atoms with van der Waals surface area (Å²) >= 11 is 17.7. The third-order valence-corrected chi connectivity index (χ3v) is 6.62. The molecule has 1 fully saturated rings. The van der Waals surface area contributed by atoms with Crippen molar-refractivity contribution in [2.75, 3.05) is 26.2 Å². The molecule has 1 aromatic heterocycles. The van der Waals surface area contributed by atoms with Crippen molar-refractivity contribution in [2.45, 2.75) is 4.90 Å². The molecule has 2 heterocycles. The second-order valence-electron chi connectivity index (χ2n) is 5.62. The molecule has 10 heteroatoms. The second kappa shape index (κ2) is 7.70. The number of halogens is 3. The number of hydrogen-bond donors (Lipinski definition) is 0. The quantitative estimate of drug-likeness (QED) is 0.696. The number of pyridine rings is 1. The van der Waals surface area contributed by atoms with Crippen LogP contribution in [0.3, 0.4) is 0 Å². The van der Waals surface area contributed by atoms with Gasteiger partial charge < -0.3 is 4.90 Å². The van der Waals surface area contributed by atoms with Crippen molar-refractivity contribution in [1.82, 2.24) is 14.2 Å². The lowest BCUT2D eigenvalue weighted by molar-refractivity contribution is 0.0692. The van der Waals surface area contributed by atoms with Crippen LogP contribution >= 0.6 is 34.8 Å². The minimum atomic E-state index is -3.67. The number of amides is 1. The maximum Gasteiger partial charge on any atom is 0.274 e. The van der Waals surface area contributed by atoms with Crippen LogP contribution in [0.5, 0.6) is 0 Å². The van der Waals surface area contributed by atoms with Crippen molar-refractivity contribution in [3.05, 3.63) is 57.3 Å². The van der Waals surface area contributed by atoms with Gasteiger partial charge in [0.15, 0.2) is 0 Å². The zero-order valence-electron chi connectivity index (χ0n) is 13.4. The summed E-state index contributed by atoms with van der Waals surface area (Å²) < 4.78 is 26.7. The van der Waals surface area contributed by atoms with Gasteiger partial charge in [0.1, 0.15) is 10.8 Å². The zero-order valence-corrected chi connectivity index (χ0v) is 16.5. The van der Waals surface area contributed by atoms with Gasteiger partial charge >= 0.3 is 0 Å². The number of aromatic nitrogens is 1. The van der Waals surface area contributed by atoms with Crippen LogP contribution in [0, 0.1) is 0 Å². The predicted octanol–water partition coefficient (Wildman–Crippen LogP) is 3.19. The Kier molecular flexibility index (Phi) is 5.74. The number of nitrogens with zero attached hydrogens (tertiary/aromatic N) is 3. The molecule has 1 aliphatic rings. The number of carbonyl (C=O) groups is 1. The molecule has 1 aliphatic heterocycles. The Morgan fingerprint density at radius 2 is 1.69 bits per heavy atom. The lowest BCUT2D eigenvalue weighted by Crippen LogP contribution is -2.50. The van der Waals surface area contributed by atoms with Crippen molar-refractivity contribution in [2.24, 2.45) is 0 Å². The predicted molar refractivity (Wildman–Crippen MR) is 100 cm³/mol. The molecule has 1 saturated heterocycles. The Morgan fingerprint density at radius 3 is 2.35 bits per heavy atom. The number of benzene rings is 1. The summed E-state index contributed by atoms with van der Waals surface area (Å²) in [4.78, 5) is 18.2. The summed E-state index contributed by atoms with van der Waals surface area (Å²) in [5.41, 5.74) is 0.0605.